The SMILES string of the molecule is C[N+](C)(C)C.O=C([O-])C1([SiH3])CCCCO1. The van der Waals surface area contributed by atoms with Gasteiger partial charge in [-0.3, -0.25) is 0 Å². The summed E-state index contributed by atoms with van der Waals surface area (Å²) in [7, 11) is 9.03. The van der Waals surface area contributed by atoms with Crippen molar-refractivity contribution in [2.24, 2.45) is 0 Å². The lowest BCUT2D eigenvalue weighted by Crippen LogP contribution is -2.52. The van der Waals surface area contributed by atoms with Crippen LogP contribution >= 0.6 is 0 Å². The minimum atomic E-state index is -1.03. The second kappa shape index (κ2) is 5.63. The molecule has 0 aliphatic carbocycles. The molecule has 90 valence electrons. The Morgan fingerprint density at radius 2 is 1.80 bits per heavy atom. The van der Waals surface area contributed by atoms with Gasteiger partial charge in [-0.1, -0.05) is 0 Å². The van der Waals surface area contributed by atoms with Crippen LogP contribution in [0, 0.1) is 0 Å². The van der Waals surface area contributed by atoms with E-state index in [-0.39, 0.29) is 0 Å². The number of carbonyl (C=O) groups excluding carboxylic acids is 1. The van der Waals surface area contributed by atoms with Crippen molar-refractivity contribution in [2.75, 3.05) is 34.8 Å². The Bertz CT molecular complexity index is 201. The summed E-state index contributed by atoms with van der Waals surface area (Å²) < 4.78 is 6.13. The van der Waals surface area contributed by atoms with E-state index in [2.05, 4.69) is 28.2 Å². The fraction of sp³-hybridized carbons (Fsp3) is 0.900. The lowest BCUT2D eigenvalue weighted by molar-refractivity contribution is -0.849. The summed E-state index contributed by atoms with van der Waals surface area (Å²) in [4.78, 5) is 10.5. The van der Waals surface area contributed by atoms with E-state index in [1.807, 2.05) is 0 Å². The standard InChI is InChI=1S/C6H12O3Si.C4H12N/c7-5(8)6(10)3-1-2-4-9-6;1-5(2,3)4/h1-4H2,10H3,(H,7,8);1-4H3/q;+1/p-1. The van der Waals surface area contributed by atoms with Gasteiger partial charge in [0.2, 0.25) is 0 Å². The molecule has 0 aromatic carbocycles. The summed E-state index contributed by atoms with van der Waals surface area (Å²) in [6, 6.07) is 0. The average Bonchev–Trinajstić information content (AvgIpc) is 2.02. The number of carbonyl (C=O) groups is 1. The normalized spacial score (nSPS) is 26.7. The van der Waals surface area contributed by atoms with Crippen LogP contribution in [0.1, 0.15) is 19.3 Å². The van der Waals surface area contributed by atoms with Crippen molar-refractivity contribution in [3.05, 3.63) is 0 Å². The van der Waals surface area contributed by atoms with Crippen molar-refractivity contribution in [1.82, 2.24) is 0 Å². The van der Waals surface area contributed by atoms with Crippen molar-refractivity contribution in [2.45, 2.75) is 24.5 Å². The fourth-order valence-corrected chi connectivity index (χ4v) is 1.65. The van der Waals surface area contributed by atoms with Gasteiger partial charge in [0.05, 0.1) is 49.6 Å². The third-order valence-corrected chi connectivity index (χ3v) is 3.10. The van der Waals surface area contributed by atoms with Crippen LogP contribution in [0.2, 0.25) is 0 Å². The van der Waals surface area contributed by atoms with E-state index >= 15 is 0 Å². The average molecular weight is 233 g/mol. The zero-order valence-electron chi connectivity index (χ0n) is 10.5. The molecule has 4 nitrogen and oxygen atoms in total. The molecule has 0 N–H and O–H groups in total. The highest BCUT2D eigenvalue weighted by atomic mass is 28.1. The summed E-state index contributed by atoms with van der Waals surface area (Å²) in [5.41, 5.74) is 0. The summed E-state index contributed by atoms with van der Waals surface area (Å²) >= 11 is 0. The van der Waals surface area contributed by atoms with Crippen LogP contribution < -0.4 is 5.11 Å². The molecule has 0 spiro atoms. The Morgan fingerprint density at radius 1 is 1.33 bits per heavy atom. The van der Waals surface area contributed by atoms with E-state index in [1.165, 1.54) is 0 Å². The summed E-state index contributed by atoms with van der Waals surface area (Å²) in [5, 5.41) is 9.60. The molecule has 1 unspecified atom stereocenters. The van der Waals surface area contributed by atoms with Crippen molar-refractivity contribution >= 4 is 16.2 Å². The zero-order chi connectivity index (χ0) is 12.1. The van der Waals surface area contributed by atoms with Gasteiger partial charge in [-0.15, -0.1) is 0 Å². The second-order valence-electron chi connectivity index (χ2n) is 5.51. The van der Waals surface area contributed by atoms with Crippen LogP contribution in [-0.4, -0.2) is 60.7 Å². The van der Waals surface area contributed by atoms with E-state index in [0.717, 1.165) is 17.3 Å². The predicted molar refractivity (Wildman–Crippen MR) is 61.4 cm³/mol. The number of carboxylic acids is 1. The number of nitrogens with zero attached hydrogens (tertiary/aromatic N) is 1. The molecule has 0 bridgehead atoms. The molecule has 1 fully saturated rings. The Labute approximate surface area is 95.2 Å². The van der Waals surface area contributed by atoms with Crippen molar-refractivity contribution in [3.8, 4) is 0 Å². The van der Waals surface area contributed by atoms with Gasteiger partial charge in [0.15, 0.2) is 0 Å². The zero-order valence-corrected chi connectivity index (χ0v) is 12.5. The molecule has 1 saturated heterocycles. The molecule has 1 heterocycles. The van der Waals surface area contributed by atoms with Gasteiger partial charge in [0, 0.05) is 6.61 Å². The molecule has 15 heavy (non-hydrogen) atoms. The van der Waals surface area contributed by atoms with Crippen molar-refractivity contribution in [3.63, 3.8) is 0 Å². The third kappa shape index (κ3) is 7.53. The van der Waals surface area contributed by atoms with Crippen molar-refractivity contribution < 1.29 is 19.1 Å². The highest BCUT2D eigenvalue weighted by Crippen LogP contribution is 2.20. The van der Waals surface area contributed by atoms with Gasteiger partial charge < -0.3 is 19.1 Å². The molecular formula is C10H23NO3Si. The monoisotopic (exact) mass is 233 g/mol. The first-order valence-electron chi connectivity index (χ1n) is 5.29. The van der Waals surface area contributed by atoms with Gasteiger partial charge in [-0.05, 0) is 19.3 Å². The lowest BCUT2D eigenvalue weighted by atomic mass is 10.1. The van der Waals surface area contributed by atoms with Gasteiger partial charge >= 0.3 is 0 Å². The maximum atomic E-state index is 10.5. The quantitative estimate of drug-likeness (QED) is 0.402. The highest BCUT2D eigenvalue weighted by Gasteiger charge is 2.28. The maximum Gasteiger partial charge on any atom is 0.0863 e. The van der Waals surface area contributed by atoms with Crippen molar-refractivity contribution in [1.29, 1.82) is 0 Å². The fourth-order valence-electron chi connectivity index (χ4n) is 1.09. The Hall–Kier alpha value is -0.393. The largest absolute Gasteiger partial charge is 0.547 e. The number of rotatable bonds is 1. The van der Waals surface area contributed by atoms with Crippen LogP contribution in [0.5, 0.6) is 0 Å². The number of carboxylic acid groups (broad SMARTS) is 1. The van der Waals surface area contributed by atoms with Gasteiger partial charge in [-0.2, -0.15) is 0 Å². The molecule has 0 amide bonds. The van der Waals surface area contributed by atoms with E-state index in [4.69, 9.17) is 4.74 Å². The predicted octanol–water partition coefficient (Wildman–Crippen LogP) is -1.68. The van der Waals surface area contributed by atoms with E-state index in [0.29, 0.717) is 23.3 Å². The number of ether oxygens (including phenoxy) is 1. The van der Waals surface area contributed by atoms with Crippen LogP contribution in [0.25, 0.3) is 0 Å². The Kier molecular flexibility index (Phi) is 5.48. The number of aliphatic carboxylic acids is 1. The minimum absolute atomic E-state index is 0.530. The first kappa shape index (κ1) is 14.6. The van der Waals surface area contributed by atoms with Crippen LogP contribution in [0.4, 0.5) is 0 Å². The number of hydrogen-bond acceptors (Lipinski definition) is 3. The smallest absolute Gasteiger partial charge is 0.0863 e. The third-order valence-electron chi connectivity index (χ3n) is 1.90. The van der Waals surface area contributed by atoms with Crippen LogP contribution in [0.3, 0.4) is 0 Å². The summed E-state index contributed by atoms with van der Waals surface area (Å²) in [6.07, 6.45) is 2.58. The van der Waals surface area contributed by atoms with Crippen LogP contribution in [0.15, 0.2) is 0 Å². The molecule has 1 rings (SSSR count). The minimum Gasteiger partial charge on any atom is -0.547 e. The van der Waals surface area contributed by atoms with Gasteiger partial charge in [-0.25, -0.2) is 0 Å². The molecule has 1 aliphatic rings. The summed E-state index contributed by atoms with van der Waals surface area (Å²) in [5.74, 6) is -1.03. The lowest BCUT2D eigenvalue weighted by Gasteiger charge is -2.34. The molecule has 1 atom stereocenters. The molecule has 5 heteroatoms. The number of quaternary nitrogens is 1. The first-order chi connectivity index (χ1) is 6.65. The molecular weight excluding hydrogens is 210 g/mol. The second-order valence-corrected chi connectivity index (χ2v) is 7.12. The first-order valence-corrected chi connectivity index (χ1v) is 6.29. The highest BCUT2D eigenvalue weighted by molar-refractivity contribution is 6.25. The molecule has 0 saturated carbocycles. The van der Waals surface area contributed by atoms with E-state index < -0.39 is 11.2 Å². The molecule has 0 radical (unpaired) electrons. The van der Waals surface area contributed by atoms with Gasteiger partial charge in [0.25, 0.3) is 0 Å². The topological polar surface area (TPSA) is 49.4 Å². The van der Waals surface area contributed by atoms with E-state index in [9.17, 15) is 9.90 Å². The Balaban J connectivity index is 0.000000336. The number of hydrogen-bond donors (Lipinski definition) is 0. The Morgan fingerprint density at radius 3 is 2.00 bits per heavy atom. The summed E-state index contributed by atoms with van der Waals surface area (Å²) in [6.45, 7) is 0.581. The van der Waals surface area contributed by atoms with E-state index in [1.54, 1.807) is 0 Å². The maximum absolute atomic E-state index is 10.5. The molecule has 0 aromatic rings. The molecule has 0 aromatic heterocycles. The van der Waals surface area contributed by atoms with Gasteiger partial charge in [0.1, 0.15) is 0 Å². The molecule has 1 aliphatic heterocycles. The van der Waals surface area contributed by atoms with Crippen LogP contribution in [-0.2, 0) is 9.53 Å².